The van der Waals surface area contributed by atoms with E-state index in [9.17, 15) is 37.1 Å². The molecule has 270 valence electrons. The first kappa shape index (κ1) is 38.7. The summed E-state index contributed by atoms with van der Waals surface area (Å²) in [4.78, 5) is 55.0. The molecule has 0 fully saturated rings. The molecular formula is C37H42FN5O7S. The number of pyridine rings is 1. The molecule has 51 heavy (non-hydrogen) atoms. The molecule has 3 amide bonds. The van der Waals surface area contributed by atoms with Crippen LogP contribution in [0.25, 0.3) is 10.9 Å². The quantitative estimate of drug-likeness (QED) is 0.135. The summed E-state index contributed by atoms with van der Waals surface area (Å²) in [7, 11) is -4.36. The monoisotopic (exact) mass is 719 g/mol. The van der Waals surface area contributed by atoms with Gasteiger partial charge in [0.05, 0.1) is 28.2 Å². The topological polar surface area (TPSA) is 175 Å². The van der Waals surface area contributed by atoms with E-state index in [0.29, 0.717) is 11.1 Å². The van der Waals surface area contributed by atoms with E-state index in [1.54, 1.807) is 62.4 Å². The molecule has 0 unspecified atom stereocenters. The smallest absolute Gasteiger partial charge is 0.270 e. The molecule has 0 saturated carbocycles. The number of anilines is 1. The van der Waals surface area contributed by atoms with Gasteiger partial charge in [0, 0.05) is 31.8 Å². The maximum atomic E-state index is 14.4. The van der Waals surface area contributed by atoms with Crippen LogP contribution >= 0.6 is 0 Å². The molecule has 1 aromatic heterocycles. The average Bonchev–Trinajstić information content (AvgIpc) is 3.07. The first-order chi connectivity index (χ1) is 24.1. The van der Waals surface area contributed by atoms with Crippen LogP contribution in [-0.2, 0) is 30.8 Å². The lowest BCUT2D eigenvalue weighted by Gasteiger charge is -2.31. The van der Waals surface area contributed by atoms with Gasteiger partial charge in [-0.1, -0.05) is 68.4 Å². The van der Waals surface area contributed by atoms with E-state index in [4.69, 9.17) is 0 Å². The van der Waals surface area contributed by atoms with E-state index < -0.39 is 58.3 Å². The number of nitrogens with zero attached hydrogens (tertiary/aromatic N) is 2. The molecule has 12 nitrogen and oxygen atoms in total. The van der Waals surface area contributed by atoms with Gasteiger partial charge in [-0.2, -0.15) is 4.31 Å². The van der Waals surface area contributed by atoms with Crippen LogP contribution in [-0.4, -0.2) is 77.6 Å². The fourth-order valence-electron chi connectivity index (χ4n) is 5.47. The standard InChI is InChI=1S/C37H42FN5O7S/c1-23(2)21-43(51(49,50)28-15-16-29(38)32(20-28)39-25(4)45)22-35(46)33(19-26-10-6-5-7-11-26)41-37(48)34(18-24(3)44)42-36(47)31-17-14-27-12-8-9-13-30(27)40-31/h5-17,20,23,33-35,46H,18-19,21-22H2,1-4H3,(H,39,45)(H,41,48)(H,42,47)/t33-,34-,35-/m0/s1. The zero-order valence-electron chi connectivity index (χ0n) is 28.8. The SMILES string of the molecule is CC(=O)C[C@H](NC(=O)c1ccc2ccccc2n1)C(=O)N[C@@H](Cc1ccccc1)[C@@H](O)CN(CC(C)C)S(=O)(=O)c1ccc(F)c(NC(C)=O)c1. The molecule has 0 aliphatic carbocycles. The van der Waals surface area contributed by atoms with Crippen molar-refractivity contribution in [3.05, 3.63) is 102 Å². The van der Waals surface area contributed by atoms with Gasteiger partial charge in [-0.3, -0.25) is 19.2 Å². The molecule has 3 aromatic carbocycles. The summed E-state index contributed by atoms with van der Waals surface area (Å²) in [6, 6.07) is 19.9. The van der Waals surface area contributed by atoms with E-state index in [1.807, 2.05) is 12.1 Å². The molecule has 14 heteroatoms. The van der Waals surface area contributed by atoms with Gasteiger partial charge in [-0.15, -0.1) is 0 Å². The van der Waals surface area contributed by atoms with E-state index in [-0.39, 0.29) is 47.4 Å². The highest BCUT2D eigenvalue weighted by molar-refractivity contribution is 7.89. The zero-order valence-corrected chi connectivity index (χ0v) is 29.6. The highest BCUT2D eigenvalue weighted by Gasteiger charge is 2.33. The molecule has 0 bridgehead atoms. The van der Waals surface area contributed by atoms with Crippen LogP contribution in [0.5, 0.6) is 0 Å². The van der Waals surface area contributed by atoms with Crippen LogP contribution in [0.15, 0.2) is 89.8 Å². The van der Waals surface area contributed by atoms with Crippen molar-refractivity contribution in [2.24, 2.45) is 5.92 Å². The van der Waals surface area contributed by atoms with E-state index in [2.05, 4.69) is 20.9 Å². The first-order valence-electron chi connectivity index (χ1n) is 16.4. The Labute approximate surface area is 296 Å². The number of rotatable bonds is 16. The van der Waals surface area contributed by atoms with Gasteiger partial charge in [-0.05, 0) is 55.2 Å². The number of amides is 3. The van der Waals surface area contributed by atoms with Crippen LogP contribution in [0.4, 0.5) is 10.1 Å². The minimum absolute atomic E-state index is 0.0351. The summed E-state index contributed by atoms with van der Waals surface area (Å²) in [5.41, 5.74) is 0.996. The first-order valence-corrected chi connectivity index (χ1v) is 17.8. The summed E-state index contributed by atoms with van der Waals surface area (Å²) in [6.45, 7) is 5.49. The second-order valence-corrected chi connectivity index (χ2v) is 14.7. The number of hydrogen-bond donors (Lipinski definition) is 4. The Kier molecular flexibility index (Phi) is 13.1. The van der Waals surface area contributed by atoms with Crippen LogP contribution in [0.3, 0.4) is 0 Å². The number of fused-ring (bicyclic) bond motifs is 1. The van der Waals surface area contributed by atoms with Crippen molar-refractivity contribution in [1.82, 2.24) is 19.9 Å². The highest BCUT2D eigenvalue weighted by atomic mass is 32.2. The Morgan fingerprint density at radius 3 is 2.24 bits per heavy atom. The third kappa shape index (κ3) is 10.7. The Hall–Kier alpha value is -5.05. The number of para-hydroxylation sites is 1. The zero-order chi connectivity index (χ0) is 37.3. The van der Waals surface area contributed by atoms with Crippen LogP contribution in [0, 0.1) is 11.7 Å². The number of carbonyl (C=O) groups excluding carboxylic acids is 4. The van der Waals surface area contributed by atoms with Crippen molar-refractivity contribution in [3.8, 4) is 0 Å². The largest absolute Gasteiger partial charge is 0.390 e. The Bertz CT molecular complexity index is 1990. The molecule has 0 aliphatic rings. The summed E-state index contributed by atoms with van der Waals surface area (Å²) < 4.78 is 43.3. The van der Waals surface area contributed by atoms with Crippen molar-refractivity contribution >= 4 is 50.1 Å². The summed E-state index contributed by atoms with van der Waals surface area (Å²) >= 11 is 0. The molecule has 3 atom stereocenters. The normalized spacial score (nSPS) is 13.4. The second kappa shape index (κ2) is 17.2. The lowest BCUT2D eigenvalue weighted by atomic mass is 9.99. The highest BCUT2D eigenvalue weighted by Crippen LogP contribution is 2.24. The number of aliphatic hydroxyl groups is 1. The van der Waals surface area contributed by atoms with Crippen LogP contribution < -0.4 is 16.0 Å². The fourth-order valence-corrected chi connectivity index (χ4v) is 7.12. The Morgan fingerprint density at radius 1 is 0.882 bits per heavy atom. The summed E-state index contributed by atoms with van der Waals surface area (Å²) in [6.07, 6.45) is -1.78. The number of carbonyl (C=O) groups is 4. The molecule has 4 N–H and O–H groups in total. The van der Waals surface area contributed by atoms with Gasteiger partial charge in [0.25, 0.3) is 5.91 Å². The third-order valence-corrected chi connectivity index (χ3v) is 9.71. The maximum Gasteiger partial charge on any atom is 0.270 e. The van der Waals surface area contributed by atoms with Crippen molar-refractivity contribution in [3.63, 3.8) is 0 Å². The van der Waals surface area contributed by atoms with Crippen molar-refractivity contribution in [2.75, 3.05) is 18.4 Å². The predicted molar refractivity (Wildman–Crippen MR) is 191 cm³/mol. The number of benzene rings is 3. The minimum atomic E-state index is -4.36. The van der Waals surface area contributed by atoms with Crippen molar-refractivity contribution in [2.45, 2.75) is 63.6 Å². The van der Waals surface area contributed by atoms with E-state index in [1.165, 1.54) is 13.0 Å². The van der Waals surface area contributed by atoms with Gasteiger partial charge in [0.1, 0.15) is 23.3 Å². The van der Waals surface area contributed by atoms with Gasteiger partial charge in [0.15, 0.2) is 0 Å². The predicted octanol–water partition coefficient (Wildman–Crippen LogP) is 3.85. The van der Waals surface area contributed by atoms with Gasteiger partial charge < -0.3 is 21.1 Å². The molecule has 4 rings (SSSR count). The number of hydrogen-bond acceptors (Lipinski definition) is 8. The second-order valence-electron chi connectivity index (χ2n) is 12.7. The summed E-state index contributed by atoms with van der Waals surface area (Å²) in [5, 5.41) is 20.1. The number of aliphatic hydroxyl groups excluding tert-OH is 1. The lowest BCUT2D eigenvalue weighted by Crippen LogP contribution is -2.56. The molecule has 0 spiro atoms. The number of Topliss-reactive ketones (excluding diaryl/α,β-unsaturated/α-hetero) is 1. The van der Waals surface area contributed by atoms with Crippen LogP contribution in [0.1, 0.15) is 50.2 Å². The lowest BCUT2D eigenvalue weighted by molar-refractivity contribution is -0.127. The Balaban J connectivity index is 1.62. The molecule has 1 heterocycles. The van der Waals surface area contributed by atoms with Gasteiger partial charge in [0.2, 0.25) is 21.8 Å². The molecule has 0 saturated heterocycles. The van der Waals surface area contributed by atoms with Crippen molar-refractivity contribution < 1.29 is 37.1 Å². The number of sulfonamides is 1. The minimum Gasteiger partial charge on any atom is -0.390 e. The molecule has 0 radical (unpaired) electrons. The van der Waals surface area contributed by atoms with Gasteiger partial charge >= 0.3 is 0 Å². The Morgan fingerprint density at radius 2 is 1.57 bits per heavy atom. The van der Waals surface area contributed by atoms with Gasteiger partial charge in [-0.25, -0.2) is 17.8 Å². The number of halogens is 1. The maximum absolute atomic E-state index is 14.4. The van der Waals surface area contributed by atoms with E-state index >= 15 is 0 Å². The van der Waals surface area contributed by atoms with Crippen LogP contribution in [0.2, 0.25) is 0 Å². The third-order valence-electron chi connectivity index (χ3n) is 7.88. The molecule has 0 aliphatic heterocycles. The molecule has 4 aromatic rings. The summed E-state index contributed by atoms with van der Waals surface area (Å²) in [5.74, 6) is -3.46. The van der Waals surface area contributed by atoms with E-state index in [0.717, 1.165) is 34.8 Å². The fraction of sp³-hybridized carbons (Fsp3) is 0.324. The van der Waals surface area contributed by atoms with Crippen molar-refractivity contribution in [1.29, 1.82) is 0 Å². The number of aromatic nitrogens is 1. The number of nitrogens with one attached hydrogen (secondary N) is 3. The number of ketones is 1. The average molecular weight is 720 g/mol. The molecular weight excluding hydrogens is 678 g/mol.